The minimum atomic E-state index is -0.861. The highest BCUT2D eigenvalue weighted by Gasteiger charge is 2.60. The number of fused-ring (bicyclic) bond motifs is 2. The van der Waals surface area contributed by atoms with Crippen molar-refractivity contribution in [3.8, 4) is 0 Å². The molecule has 2 unspecified atom stereocenters. The lowest BCUT2D eigenvalue weighted by Gasteiger charge is -2.42. The fourth-order valence-corrected chi connectivity index (χ4v) is 6.25. The molecular weight excluding hydrogens is 380 g/mol. The molecule has 3 aliphatic carbocycles. The second-order valence-electron chi connectivity index (χ2n) is 11.4. The van der Waals surface area contributed by atoms with E-state index in [0.29, 0.717) is 16.9 Å². The molecule has 0 aliphatic heterocycles. The molecule has 2 atom stereocenters. The van der Waals surface area contributed by atoms with Crippen LogP contribution in [0.25, 0.3) is 0 Å². The van der Waals surface area contributed by atoms with Gasteiger partial charge in [0.25, 0.3) is 0 Å². The quantitative estimate of drug-likeness (QED) is 0.549. The summed E-state index contributed by atoms with van der Waals surface area (Å²) in [4.78, 5) is 11.1. The van der Waals surface area contributed by atoms with Crippen LogP contribution in [0, 0.1) is 5.92 Å². The van der Waals surface area contributed by atoms with Gasteiger partial charge in [0.05, 0.1) is 5.56 Å². The first-order chi connectivity index (χ1) is 14.6. The van der Waals surface area contributed by atoms with E-state index in [1.54, 1.807) is 34.4 Å². The van der Waals surface area contributed by atoms with Crippen LogP contribution in [0.2, 0.25) is 0 Å². The summed E-state index contributed by atoms with van der Waals surface area (Å²) in [5.74, 6) is -0.163. The number of hydrogen-bond acceptors (Lipinski definition) is 1. The number of hydrogen-bond donors (Lipinski definition) is 1. The van der Waals surface area contributed by atoms with E-state index in [-0.39, 0.29) is 10.8 Å². The van der Waals surface area contributed by atoms with Gasteiger partial charge in [0, 0.05) is 5.41 Å². The molecule has 2 aromatic carbocycles. The first-order valence-corrected chi connectivity index (χ1v) is 11.8. The van der Waals surface area contributed by atoms with Crippen LogP contribution in [-0.2, 0) is 22.7 Å². The third-order valence-corrected chi connectivity index (χ3v) is 8.61. The molecule has 0 amide bonds. The standard InChI is InChI=1S/C29H34O2/c1-27(2)15-16-28(3,4)24-17-22(11-12-23(24)27)29-14-13-20(25(29)18-29)8-5-19-6-9-21(10-7-19)26(30)31/h6-12,17,25H,5,13-16,18H2,1-4H3,(H,30,31)/b20-8-. The number of allylic oxidation sites excluding steroid dienone is 2. The lowest BCUT2D eigenvalue weighted by Crippen LogP contribution is -2.34. The van der Waals surface area contributed by atoms with E-state index in [0.717, 1.165) is 6.42 Å². The Morgan fingerprint density at radius 2 is 1.65 bits per heavy atom. The van der Waals surface area contributed by atoms with Crippen LogP contribution < -0.4 is 0 Å². The largest absolute Gasteiger partial charge is 0.478 e. The molecule has 162 valence electrons. The predicted molar refractivity (Wildman–Crippen MR) is 126 cm³/mol. The van der Waals surface area contributed by atoms with E-state index in [2.05, 4.69) is 52.0 Å². The van der Waals surface area contributed by atoms with Crippen molar-refractivity contribution in [3.05, 3.63) is 81.9 Å². The van der Waals surface area contributed by atoms with Gasteiger partial charge in [0.15, 0.2) is 0 Å². The van der Waals surface area contributed by atoms with Crippen LogP contribution in [0.3, 0.4) is 0 Å². The summed E-state index contributed by atoms with van der Waals surface area (Å²) in [5, 5.41) is 9.08. The normalized spacial score (nSPS) is 28.8. The Balaban J connectivity index is 1.37. The first-order valence-electron chi connectivity index (χ1n) is 11.8. The minimum Gasteiger partial charge on any atom is -0.478 e. The zero-order chi connectivity index (χ0) is 22.0. The molecule has 0 aromatic heterocycles. The lowest BCUT2D eigenvalue weighted by atomic mass is 9.62. The molecule has 31 heavy (non-hydrogen) atoms. The van der Waals surface area contributed by atoms with E-state index in [4.69, 9.17) is 5.11 Å². The fourth-order valence-electron chi connectivity index (χ4n) is 6.25. The summed E-state index contributed by atoms with van der Waals surface area (Å²) in [5.41, 5.74) is 8.77. The second kappa shape index (κ2) is 6.82. The maximum Gasteiger partial charge on any atom is 0.335 e. The SMILES string of the molecule is CC1(C)CCC(C)(C)c2cc(C34CC/C(=C/Cc5ccc(C(=O)O)cc5)C3C4)ccc21. The van der Waals surface area contributed by atoms with E-state index < -0.39 is 5.97 Å². The third-order valence-electron chi connectivity index (χ3n) is 8.61. The Labute approximate surface area is 186 Å². The Morgan fingerprint density at radius 3 is 2.29 bits per heavy atom. The summed E-state index contributed by atoms with van der Waals surface area (Å²) < 4.78 is 0. The molecule has 5 rings (SSSR count). The van der Waals surface area contributed by atoms with Crippen molar-refractivity contribution >= 4 is 5.97 Å². The first kappa shape index (κ1) is 20.5. The van der Waals surface area contributed by atoms with Gasteiger partial charge in [-0.1, -0.05) is 69.7 Å². The van der Waals surface area contributed by atoms with Crippen LogP contribution in [0.1, 0.15) is 92.4 Å². The zero-order valence-electron chi connectivity index (χ0n) is 19.3. The van der Waals surface area contributed by atoms with Gasteiger partial charge in [-0.15, -0.1) is 0 Å². The van der Waals surface area contributed by atoms with Crippen molar-refractivity contribution in [1.29, 1.82) is 0 Å². The fraction of sp³-hybridized carbons (Fsp3) is 0.483. The molecule has 2 fully saturated rings. The van der Waals surface area contributed by atoms with Crippen LogP contribution in [-0.4, -0.2) is 11.1 Å². The number of benzene rings is 2. The van der Waals surface area contributed by atoms with Crippen molar-refractivity contribution in [2.75, 3.05) is 0 Å². The molecular formula is C29H34O2. The van der Waals surface area contributed by atoms with Crippen LogP contribution in [0.5, 0.6) is 0 Å². The molecule has 3 aliphatic rings. The summed E-state index contributed by atoms with van der Waals surface area (Å²) in [6.07, 6.45) is 9.60. The molecule has 0 radical (unpaired) electrons. The lowest BCUT2D eigenvalue weighted by molar-refractivity contribution is 0.0697. The van der Waals surface area contributed by atoms with Gasteiger partial charge in [-0.3, -0.25) is 0 Å². The van der Waals surface area contributed by atoms with E-state index in [9.17, 15) is 4.79 Å². The van der Waals surface area contributed by atoms with Gasteiger partial charge >= 0.3 is 5.97 Å². The Morgan fingerprint density at radius 1 is 0.968 bits per heavy atom. The number of carbonyl (C=O) groups is 1. The average Bonchev–Trinajstić information content (AvgIpc) is 3.37. The van der Waals surface area contributed by atoms with Crippen LogP contribution in [0.15, 0.2) is 54.1 Å². The number of rotatable bonds is 4. The molecule has 1 N–H and O–H groups in total. The summed E-state index contributed by atoms with van der Waals surface area (Å²) in [6.45, 7) is 9.64. The van der Waals surface area contributed by atoms with Crippen molar-refractivity contribution in [1.82, 2.24) is 0 Å². The Bertz CT molecular complexity index is 1070. The highest BCUT2D eigenvalue weighted by molar-refractivity contribution is 5.87. The monoisotopic (exact) mass is 414 g/mol. The average molecular weight is 415 g/mol. The number of carboxylic acid groups (broad SMARTS) is 1. The van der Waals surface area contributed by atoms with E-state index in [1.807, 2.05) is 12.1 Å². The predicted octanol–water partition coefficient (Wildman–Crippen LogP) is 6.95. The second-order valence-corrected chi connectivity index (χ2v) is 11.4. The van der Waals surface area contributed by atoms with E-state index in [1.165, 1.54) is 37.7 Å². The minimum absolute atomic E-state index is 0.265. The molecule has 2 nitrogen and oxygen atoms in total. The number of carboxylic acids is 1. The van der Waals surface area contributed by atoms with Gasteiger partial charge in [-0.05, 0) is 89.7 Å². The molecule has 2 aromatic rings. The summed E-state index contributed by atoms with van der Waals surface area (Å²) >= 11 is 0. The zero-order valence-corrected chi connectivity index (χ0v) is 19.3. The summed E-state index contributed by atoms with van der Waals surface area (Å²) in [6, 6.07) is 14.8. The van der Waals surface area contributed by atoms with Gasteiger partial charge in [-0.2, -0.15) is 0 Å². The van der Waals surface area contributed by atoms with Gasteiger partial charge < -0.3 is 5.11 Å². The molecule has 0 heterocycles. The highest BCUT2D eigenvalue weighted by atomic mass is 16.4. The Kier molecular flexibility index (Phi) is 4.52. The molecule has 0 bridgehead atoms. The maximum absolute atomic E-state index is 11.1. The molecule has 2 heteroatoms. The Hall–Kier alpha value is -2.35. The molecule has 0 saturated heterocycles. The highest BCUT2D eigenvalue weighted by Crippen LogP contribution is 2.67. The number of aromatic carboxylic acids is 1. The maximum atomic E-state index is 11.1. The van der Waals surface area contributed by atoms with Crippen molar-refractivity contribution in [2.24, 2.45) is 5.92 Å². The molecule has 0 spiro atoms. The van der Waals surface area contributed by atoms with Crippen molar-refractivity contribution in [3.63, 3.8) is 0 Å². The molecule has 2 saturated carbocycles. The van der Waals surface area contributed by atoms with E-state index >= 15 is 0 Å². The van der Waals surface area contributed by atoms with Crippen molar-refractivity contribution < 1.29 is 9.90 Å². The van der Waals surface area contributed by atoms with Gasteiger partial charge in [0.1, 0.15) is 0 Å². The van der Waals surface area contributed by atoms with Gasteiger partial charge in [-0.25, -0.2) is 4.79 Å². The van der Waals surface area contributed by atoms with Crippen LogP contribution >= 0.6 is 0 Å². The van der Waals surface area contributed by atoms with Crippen LogP contribution in [0.4, 0.5) is 0 Å². The summed E-state index contributed by atoms with van der Waals surface area (Å²) in [7, 11) is 0. The third kappa shape index (κ3) is 3.35. The van der Waals surface area contributed by atoms with Crippen molar-refractivity contribution in [2.45, 2.75) is 82.5 Å². The topological polar surface area (TPSA) is 37.3 Å². The van der Waals surface area contributed by atoms with Gasteiger partial charge in [0.2, 0.25) is 0 Å². The smallest absolute Gasteiger partial charge is 0.335 e.